The van der Waals surface area contributed by atoms with Gasteiger partial charge in [0.2, 0.25) is 0 Å². The van der Waals surface area contributed by atoms with E-state index in [4.69, 9.17) is 0 Å². The molecule has 7 nitrogen and oxygen atoms in total. The van der Waals surface area contributed by atoms with Crippen LogP contribution in [0, 0.1) is 33.8 Å². The molecule has 1 aromatic carbocycles. The van der Waals surface area contributed by atoms with Crippen molar-refractivity contribution < 1.29 is 14.5 Å². The minimum atomic E-state index is -0.881. The number of carbonyl (C=O) groups excluding carboxylic acids is 2. The van der Waals surface area contributed by atoms with Crippen LogP contribution in [-0.2, 0) is 4.79 Å². The Morgan fingerprint density at radius 2 is 1.57 bits per heavy atom. The lowest BCUT2D eigenvalue weighted by Crippen LogP contribution is -2.80. The summed E-state index contributed by atoms with van der Waals surface area (Å²) in [5.74, 6) is 2.32. The zero-order chi connectivity index (χ0) is 19.8. The lowest BCUT2D eigenvalue weighted by atomic mass is 9.53. The van der Waals surface area contributed by atoms with Gasteiger partial charge in [0, 0.05) is 17.7 Å². The Hall–Kier alpha value is -2.44. The van der Waals surface area contributed by atoms with Gasteiger partial charge >= 0.3 is 0 Å². The Balaban J connectivity index is 1.44. The number of nitrogens with zero attached hydrogens (tertiary/aromatic N) is 3. The first-order valence-electron chi connectivity index (χ1n) is 10.2. The van der Waals surface area contributed by atoms with E-state index in [1.807, 2.05) is 0 Å². The predicted octanol–water partition coefficient (Wildman–Crippen LogP) is 3.40. The molecule has 1 aliphatic heterocycles. The predicted molar refractivity (Wildman–Crippen MR) is 101 cm³/mol. The van der Waals surface area contributed by atoms with Gasteiger partial charge in [0.1, 0.15) is 5.54 Å². The summed E-state index contributed by atoms with van der Waals surface area (Å²) in [5.41, 5.74) is -0.554. The third kappa shape index (κ3) is 2.34. The molecule has 0 atom stereocenters. The van der Waals surface area contributed by atoms with E-state index < -0.39 is 10.5 Å². The molecule has 148 valence electrons. The van der Waals surface area contributed by atoms with Gasteiger partial charge in [-0.15, -0.1) is 0 Å². The average molecular weight is 383 g/mol. The van der Waals surface area contributed by atoms with Gasteiger partial charge in [-0.2, -0.15) is 0 Å². The zero-order valence-electron chi connectivity index (χ0n) is 16.2. The van der Waals surface area contributed by atoms with Crippen LogP contribution < -0.4 is 0 Å². The van der Waals surface area contributed by atoms with E-state index >= 15 is 0 Å². The molecule has 1 heterocycles. The first-order chi connectivity index (χ1) is 13.3. The maximum absolute atomic E-state index is 13.3. The van der Waals surface area contributed by atoms with Crippen molar-refractivity contribution in [2.24, 2.45) is 23.7 Å². The van der Waals surface area contributed by atoms with Crippen molar-refractivity contribution in [3.05, 3.63) is 39.9 Å². The first kappa shape index (κ1) is 17.6. The molecule has 7 heteroatoms. The fourth-order valence-electron chi connectivity index (χ4n) is 6.45. The van der Waals surface area contributed by atoms with Crippen LogP contribution in [0.5, 0.6) is 0 Å². The summed E-state index contributed by atoms with van der Waals surface area (Å²) >= 11 is 0. The number of hydrogen-bond donors (Lipinski definition) is 0. The van der Waals surface area contributed by atoms with Crippen LogP contribution in [0.1, 0.15) is 56.3 Å². The molecule has 5 aliphatic rings. The smallest absolute Gasteiger partial charge is 0.270 e. The zero-order valence-corrected chi connectivity index (χ0v) is 16.2. The molecule has 4 bridgehead atoms. The molecule has 0 unspecified atom stereocenters. The SMILES string of the molecule is CC1(C)C(=O)N(C2C3CC4CC(C3)CC2C4)N1C(=O)c1ccc([N+](=O)[O-])cc1. The van der Waals surface area contributed by atoms with Crippen LogP contribution in [-0.4, -0.2) is 38.3 Å². The quantitative estimate of drug-likeness (QED) is 0.591. The standard InChI is InChI=1S/C21H25N3O4/c1-21(2)20(26)22(18-15-8-12-7-13(10-15)11-16(18)9-12)23(21)19(25)14-3-5-17(6-4-14)24(27)28/h3-6,12-13,15-16,18H,7-11H2,1-2H3. The highest BCUT2D eigenvalue weighted by atomic mass is 16.6. The molecular weight excluding hydrogens is 358 g/mol. The van der Waals surface area contributed by atoms with Crippen molar-refractivity contribution >= 4 is 17.5 Å². The monoisotopic (exact) mass is 383 g/mol. The highest BCUT2D eigenvalue weighted by molar-refractivity contribution is 6.04. The molecule has 0 aromatic heterocycles. The summed E-state index contributed by atoms with van der Waals surface area (Å²) in [5, 5.41) is 14.2. The second kappa shape index (κ2) is 5.78. The molecule has 4 aliphatic carbocycles. The molecule has 1 aromatic rings. The maximum Gasteiger partial charge on any atom is 0.273 e. The summed E-state index contributed by atoms with van der Waals surface area (Å²) < 4.78 is 0. The summed E-state index contributed by atoms with van der Waals surface area (Å²) in [6.45, 7) is 3.57. The fraction of sp³-hybridized carbons (Fsp3) is 0.619. The molecule has 0 N–H and O–H groups in total. The topological polar surface area (TPSA) is 83.8 Å². The summed E-state index contributed by atoms with van der Waals surface area (Å²) in [6, 6.07) is 5.77. The van der Waals surface area contributed by atoms with Gasteiger partial charge in [-0.3, -0.25) is 19.7 Å². The third-order valence-electron chi connectivity index (χ3n) is 7.45. The molecule has 1 saturated heterocycles. The average Bonchev–Trinajstić information content (AvgIpc) is 2.65. The lowest BCUT2D eigenvalue weighted by molar-refractivity contribution is -0.384. The van der Waals surface area contributed by atoms with Gasteiger partial charge in [-0.25, -0.2) is 10.0 Å². The minimum absolute atomic E-state index is 0.0141. The summed E-state index contributed by atoms with van der Waals surface area (Å²) in [6.07, 6.45) is 6.01. The van der Waals surface area contributed by atoms with E-state index in [1.165, 1.54) is 56.4 Å². The third-order valence-corrected chi connectivity index (χ3v) is 7.45. The number of carbonyl (C=O) groups is 2. The van der Waals surface area contributed by atoms with Gasteiger partial charge in [0.15, 0.2) is 0 Å². The van der Waals surface area contributed by atoms with Crippen LogP contribution >= 0.6 is 0 Å². The van der Waals surface area contributed by atoms with E-state index in [1.54, 1.807) is 23.9 Å². The van der Waals surface area contributed by atoms with Crippen molar-refractivity contribution in [3.63, 3.8) is 0 Å². The first-order valence-corrected chi connectivity index (χ1v) is 10.2. The molecule has 6 rings (SSSR count). The number of benzene rings is 1. The lowest BCUT2D eigenvalue weighted by Gasteiger charge is -2.65. The molecule has 4 saturated carbocycles. The van der Waals surface area contributed by atoms with Gasteiger partial charge in [0.25, 0.3) is 17.5 Å². The number of rotatable bonds is 3. The Kier molecular flexibility index (Phi) is 3.64. The van der Waals surface area contributed by atoms with Crippen LogP contribution in [0.15, 0.2) is 24.3 Å². The number of nitro benzene ring substituents is 1. The molecule has 28 heavy (non-hydrogen) atoms. The number of nitro groups is 1. The molecule has 0 radical (unpaired) electrons. The Morgan fingerprint density at radius 1 is 1.04 bits per heavy atom. The summed E-state index contributed by atoms with van der Waals surface area (Å²) in [7, 11) is 0. The van der Waals surface area contributed by atoms with Crippen molar-refractivity contribution in [2.45, 2.75) is 57.5 Å². The highest BCUT2D eigenvalue weighted by Crippen LogP contribution is 2.57. The van der Waals surface area contributed by atoms with E-state index in [9.17, 15) is 19.7 Å². The van der Waals surface area contributed by atoms with Gasteiger partial charge in [-0.1, -0.05) is 0 Å². The van der Waals surface area contributed by atoms with E-state index in [0.717, 1.165) is 11.8 Å². The Morgan fingerprint density at radius 3 is 2.07 bits per heavy atom. The number of hydrazine groups is 1. The van der Waals surface area contributed by atoms with Gasteiger partial charge < -0.3 is 0 Å². The van der Waals surface area contributed by atoms with Crippen molar-refractivity contribution in [2.75, 3.05) is 0 Å². The molecule has 5 fully saturated rings. The van der Waals surface area contributed by atoms with Crippen molar-refractivity contribution in [3.8, 4) is 0 Å². The number of hydrogen-bond acceptors (Lipinski definition) is 4. The Bertz CT molecular complexity index is 835. The van der Waals surface area contributed by atoms with Crippen molar-refractivity contribution in [1.29, 1.82) is 0 Å². The molecule has 2 amide bonds. The van der Waals surface area contributed by atoms with Crippen LogP contribution in [0.2, 0.25) is 0 Å². The van der Waals surface area contributed by atoms with Crippen LogP contribution in [0.4, 0.5) is 5.69 Å². The second-order valence-electron chi connectivity index (χ2n) is 9.55. The molecule has 0 spiro atoms. The largest absolute Gasteiger partial charge is 0.273 e. The van der Waals surface area contributed by atoms with Gasteiger partial charge in [0.05, 0.1) is 11.0 Å². The van der Waals surface area contributed by atoms with E-state index in [2.05, 4.69) is 0 Å². The minimum Gasteiger partial charge on any atom is -0.270 e. The normalized spacial score (nSPS) is 35.1. The summed E-state index contributed by atoms with van der Waals surface area (Å²) in [4.78, 5) is 36.7. The number of non-ortho nitro benzene ring substituents is 1. The Labute approximate surface area is 163 Å². The van der Waals surface area contributed by atoms with Crippen LogP contribution in [0.25, 0.3) is 0 Å². The molecular formula is C21H25N3O4. The van der Waals surface area contributed by atoms with Crippen LogP contribution in [0.3, 0.4) is 0 Å². The maximum atomic E-state index is 13.3. The second-order valence-corrected chi connectivity index (χ2v) is 9.55. The van der Waals surface area contributed by atoms with Crippen molar-refractivity contribution in [1.82, 2.24) is 10.0 Å². The highest BCUT2D eigenvalue weighted by Gasteiger charge is 2.62. The fourth-order valence-corrected chi connectivity index (χ4v) is 6.45. The van der Waals surface area contributed by atoms with E-state index in [-0.39, 0.29) is 23.5 Å². The number of amides is 2. The van der Waals surface area contributed by atoms with E-state index in [0.29, 0.717) is 17.4 Å². The van der Waals surface area contributed by atoms with Gasteiger partial charge in [-0.05, 0) is 81.8 Å².